The van der Waals surface area contributed by atoms with E-state index >= 15 is 0 Å². The van der Waals surface area contributed by atoms with Crippen molar-refractivity contribution in [2.45, 2.75) is 0 Å². The van der Waals surface area contributed by atoms with Crippen LogP contribution in [-0.2, 0) is 0 Å². The van der Waals surface area contributed by atoms with Crippen LogP contribution in [0.15, 0.2) is 170 Å². The van der Waals surface area contributed by atoms with Crippen LogP contribution in [0.25, 0.3) is 97.7 Å². The fraction of sp³-hybridized carbons (Fsp3) is 0. The fourth-order valence-corrected chi connectivity index (χ4v) is 8.15. The molecule has 0 aromatic heterocycles. The third-order valence-electron chi connectivity index (χ3n) is 9.99. The van der Waals surface area contributed by atoms with Crippen LogP contribution in [-0.4, -0.2) is 0 Å². The van der Waals surface area contributed by atoms with Gasteiger partial charge in [-0.1, -0.05) is 170 Å². The summed E-state index contributed by atoms with van der Waals surface area (Å²) in [5.41, 5.74) is 5.09. The minimum Gasteiger partial charge on any atom is -0.0622 e. The first-order valence-electron chi connectivity index (χ1n) is 16.0. The Morgan fingerprint density at radius 2 is 0.609 bits per heavy atom. The van der Waals surface area contributed by atoms with Gasteiger partial charge in [-0.3, -0.25) is 0 Å². The molecule has 0 fully saturated rings. The molecule has 212 valence electrons. The van der Waals surface area contributed by atoms with Crippen LogP contribution in [0.2, 0.25) is 0 Å². The maximum absolute atomic E-state index is 2.35. The molecule has 0 atom stereocenters. The van der Waals surface area contributed by atoms with Crippen molar-refractivity contribution in [2.75, 3.05) is 0 Å². The van der Waals surface area contributed by atoms with Crippen LogP contribution >= 0.6 is 0 Å². The Bertz CT molecular complexity index is 2780. The largest absolute Gasteiger partial charge is 0.0622 e. The Morgan fingerprint density at radius 3 is 1.20 bits per heavy atom. The molecule has 0 unspecified atom stereocenters. The number of benzene rings is 9. The number of rotatable bonds is 2. The summed E-state index contributed by atoms with van der Waals surface area (Å²) < 4.78 is 0. The van der Waals surface area contributed by atoms with Crippen LogP contribution in [0.4, 0.5) is 0 Å². The van der Waals surface area contributed by atoms with Crippen molar-refractivity contribution >= 4 is 75.4 Å². The quantitative estimate of drug-likeness (QED) is 0.141. The maximum Gasteiger partial charge on any atom is -0.00199 e. The van der Waals surface area contributed by atoms with Gasteiger partial charge in [-0.25, -0.2) is 0 Å². The van der Waals surface area contributed by atoms with E-state index in [4.69, 9.17) is 0 Å². The summed E-state index contributed by atoms with van der Waals surface area (Å²) in [6.07, 6.45) is 0. The monoisotopic (exact) mass is 580 g/mol. The van der Waals surface area contributed by atoms with Crippen molar-refractivity contribution in [3.8, 4) is 22.3 Å². The zero-order valence-electron chi connectivity index (χ0n) is 25.2. The second-order valence-corrected chi connectivity index (χ2v) is 12.4. The van der Waals surface area contributed by atoms with Gasteiger partial charge in [0.1, 0.15) is 0 Å². The van der Waals surface area contributed by atoms with Gasteiger partial charge in [0.05, 0.1) is 0 Å². The SMILES string of the molecule is c1ccc(-c2c3ccccc3c(-c3cccc4c5cccc6ccc7cccc(c8ccccc8c34)c7c65)c3ccccc23)cc1. The van der Waals surface area contributed by atoms with Crippen molar-refractivity contribution in [1.82, 2.24) is 0 Å². The Kier molecular flexibility index (Phi) is 5.38. The molecule has 0 saturated heterocycles. The molecular formula is C46H28. The van der Waals surface area contributed by atoms with Gasteiger partial charge in [0.15, 0.2) is 0 Å². The predicted octanol–water partition coefficient (Wildman–Crippen LogP) is 13.1. The molecule has 0 radical (unpaired) electrons. The van der Waals surface area contributed by atoms with E-state index < -0.39 is 0 Å². The van der Waals surface area contributed by atoms with Crippen molar-refractivity contribution in [3.05, 3.63) is 170 Å². The van der Waals surface area contributed by atoms with Crippen molar-refractivity contribution < 1.29 is 0 Å². The first-order valence-corrected chi connectivity index (χ1v) is 16.0. The van der Waals surface area contributed by atoms with Crippen molar-refractivity contribution in [3.63, 3.8) is 0 Å². The maximum atomic E-state index is 2.35. The summed E-state index contributed by atoms with van der Waals surface area (Å²) in [5.74, 6) is 0. The summed E-state index contributed by atoms with van der Waals surface area (Å²) in [4.78, 5) is 0. The summed E-state index contributed by atoms with van der Waals surface area (Å²) in [6.45, 7) is 0. The first kappa shape index (κ1) is 25.4. The van der Waals surface area contributed by atoms with Crippen molar-refractivity contribution in [2.24, 2.45) is 0 Å². The molecule has 0 spiro atoms. The van der Waals surface area contributed by atoms with Gasteiger partial charge in [0.2, 0.25) is 0 Å². The molecule has 0 N–H and O–H groups in total. The lowest BCUT2D eigenvalue weighted by Gasteiger charge is -2.20. The molecule has 0 aliphatic heterocycles. The molecule has 0 amide bonds. The van der Waals surface area contributed by atoms with Gasteiger partial charge in [0.25, 0.3) is 0 Å². The lowest BCUT2D eigenvalue weighted by molar-refractivity contribution is 1.67. The second-order valence-electron chi connectivity index (χ2n) is 12.4. The molecule has 0 heteroatoms. The van der Waals surface area contributed by atoms with E-state index in [9.17, 15) is 0 Å². The third-order valence-corrected chi connectivity index (χ3v) is 9.99. The normalized spacial score (nSPS) is 11.9. The van der Waals surface area contributed by atoms with E-state index in [-0.39, 0.29) is 0 Å². The summed E-state index contributed by atoms with van der Waals surface area (Å²) in [7, 11) is 0. The van der Waals surface area contributed by atoms with Gasteiger partial charge in [-0.15, -0.1) is 0 Å². The summed E-state index contributed by atoms with van der Waals surface area (Å²) in [5, 5.41) is 18.0. The highest BCUT2D eigenvalue weighted by Gasteiger charge is 2.20. The zero-order chi connectivity index (χ0) is 30.2. The lowest BCUT2D eigenvalue weighted by Crippen LogP contribution is -1.92. The van der Waals surface area contributed by atoms with Crippen LogP contribution in [0.3, 0.4) is 0 Å². The molecule has 0 heterocycles. The van der Waals surface area contributed by atoms with E-state index in [0.29, 0.717) is 0 Å². The Morgan fingerprint density at radius 1 is 0.217 bits per heavy atom. The minimum atomic E-state index is 1.24. The smallest absolute Gasteiger partial charge is 0.00199 e. The van der Waals surface area contributed by atoms with Crippen LogP contribution < -0.4 is 0 Å². The molecule has 46 heavy (non-hydrogen) atoms. The van der Waals surface area contributed by atoms with Crippen LogP contribution in [0.5, 0.6) is 0 Å². The zero-order valence-corrected chi connectivity index (χ0v) is 25.2. The van der Waals surface area contributed by atoms with Crippen LogP contribution in [0.1, 0.15) is 0 Å². The molecule has 0 aliphatic carbocycles. The molecule has 10 aromatic carbocycles. The highest BCUT2D eigenvalue weighted by atomic mass is 14.2. The van der Waals surface area contributed by atoms with Gasteiger partial charge in [0, 0.05) is 0 Å². The average molecular weight is 581 g/mol. The molecular weight excluding hydrogens is 553 g/mol. The molecule has 0 aliphatic rings. The molecule has 10 aromatic rings. The van der Waals surface area contributed by atoms with Crippen molar-refractivity contribution in [1.29, 1.82) is 0 Å². The van der Waals surface area contributed by atoms with E-state index in [1.807, 2.05) is 0 Å². The Balaban J connectivity index is 1.50. The van der Waals surface area contributed by atoms with E-state index in [0.717, 1.165) is 0 Å². The number of hydrogen-bond donors (Lipinski definition) is 0. The highest BCUT2D eigenvalue weighted by molar-refractivity contribution is 6.35. The van der Waals surface area contributed by atoms with Crippen LogP contribution in [0, 0.1) is 0 Å². The van der Waals surface area contributed by atoms with E-state index in [1.54, 1.807) is 0 Å². The first-order chi connectivity index (χ1) is 22.9. The Hall–Kier alpha value is -5.98. The summed E-state index contributed by atoms with van der Waals surface area (Å²) >= 11 is 0. The summed E-state index contributed by atoms with van der Waals surface area (Å²) in [6, 6.07) is 62.9. The topological polar surface area (TPSA) is 0 Å². The standard InChI is InChI=1S/C46H28/c1-2-13-29(14-3-1)42-35-19-6-8-21-38(35)46(39-22-9-7-20-36(39)42)41-26-12-25-40-37-24-11-16-31-28-27-30-15-10-23-33(43(30)44(31)37)32-17-4-5-18-34(32)45(40)41/h1-28H. The lowest BCUT2D eigenvalue weighted by atomic mass is 9.83. The molecule has 0 nitrogen and oxygen atoms in total. The molecule has 10 rings (SSSR count). The average Bonchev–Trinajstić information content (AvgIpc) is 3.12. The highest BCUT2D eigenvalue weighted by Crippen LogP contribution is 2.48. The third kappa shape index (κ3) is 3.50. The van der Waals surface area contributed by atoms with E-state index in [1.165, 1.54) is 97.7 Å². The number of hydrogen-bond acceptors (Lipinski definition) is 0. The van der Waals surface area contributed by atoms with Gasteiger partial charge in [-0.2, -0.15) is 0 Å². The molecule has 0 saturated carbocycles. The predicted molar refractivity (Wildman–Crippen MR) is 200 cm³/mol. The second kappa shape index (κ2) is 9.76. The van der Waals surface area contributed by atoms with Gasteiger partial charge >= 0.3 is 0 Å². The fourth-order valence-electron chi connectivity index (χ4n) is 8.15. The minimum absolute atomic E-state index is 1.24. The van der Waals surface area contributed by atoms with Gasteiger partial charge in [-0.05, 0) is 97.7 Å². The number of fused-ring (bicyclic) bond motifs is 7. The van der Waals surface area contributed by atoms with E-state index in [2.05, 4.69) is 170 Å². The van der Waals surface area contributed by atoms with Gasteiger partial charge < -0.3 is 0 Å². The Labute approximate surface area is 266 Å². The molecule has 0 bridgehead atoms.